The van der Waals surface area contributed by atoms with Crippen molar-refractivity contribution in [2.45, 2.75) is 233 Å². The van der Waals surface area contributed by atoms with Crippen LogP contribution in [0, 0.1) is 57.3 Å². The Balaban J connectivity index is 0.000000300. The summed E-state index contributed by atoms with van der Waals surface area (Å²) in [7, 11) is -5.52. The average molecular weight is 1420 g/mol. The molecule has 0 bridgehead atoms. The summed E-state index contributed by atoms with van der Waals surface area (Å²) in [6.45, 7) is 43.3. The normalized spacial score (nSPS) is 19.3. The van der Waals surface area contributed by atoms with E-state index in [1.54, 1.807) is 0 Å². The molecule has 2 unspecified atom stereocenters. The number of rotatable bonds is 28. The zero-order chi connectivity index (χ0) is 74.1. The fourth-order valence-electron chi connectivity index (χ4n) is 13.5. The van der Waals surface area contributed by atoms with E-state index in [1.165, 1.54) is 21.5 Å². The van der Waals surface area contributed by atoms with Crippen LogP contribution in [-0.4, -0.2) is 114 Å². The number of benzene rings is 6. The first kappa shape index (κ1) is 81.7. The van der Waals surface area contributed by atoms with Crippen molar-refractivity contribution >= 4 is 58.9 Å². The highest BCUT2D eigenvalue weighted by atomic mass is 28.4. The first-order chi connectivity index (χ1) is 47.4. The van der Waals surface area contributed by atoms with E-state index in [1.807, 2.05) is 134 Å². The summed E-state index contributed by atoms with van der Waals surface area (Å²) < 4.78 is 44.2. The number of hydrogen-bond donors (Lipinski definition) is 2. The number of carbonyl (C=O) groups is 2. The van der Waals surface area contributed by atoms with Gasteiger partial charge in [-0.2, -0.15) is 0 Å². The Kier molecular flexibility index (Phi) is 29.3. The molecule has 0 radical (unpaired) electrons. The first-order valence-electron chi connectivity index (χ1n) is 36.5. The molecule has 2 N–H and O–H groups in total. The minimum Gasteiger partial charge on any atom is -0.462 e. The summed E-state index contributed by atoms with van der Waals surface area (Å²) in [5.41, 5.74) is 9.18. The fraction of sp³-hybridized carbons (Fsp3) is 0.471. The van der Waals surface area contributed by atoms with Gasteiger partial charge in [-0.05, 0) is 155 Å². The van der Waals surface area contributed by atoms with Crippen LogP contribution in [0.15, 0.2) is 170 Å². The van der Waals surface area contributed by atoms with Gasteiger partial charge in [-0.25, -0.2) is 9.59 Å². The molecule has 0 aliphatic carbocycles. The number of aliphatic hydroxyl groups excluding tert-OH is 2. The van der Waals surface area contributed by atoms with Crippen molar-refractivity contribution < 1.29 is 52.6 Å². The van der Waals surface area contributed by atoms with Gasteiger partial charge in [0.1, 0.15) is 24.4 Å². The van der Waals surface area contributed by atoms with Gasteiger partial charge in [-0.15, -0.1) is 0 Å². The van der Waals surface area contributed by atoms with E-state index in [0.29, 0.717) is 43.1 Å². The topological polar surface area (TPSA) is 139 Å². The molecule has 6 aromatic rings. The smallest absolute Gasteiger partial charge is 0.338 e. The maximum absolute atomic E-state index is 13.4. The van der Waals surface area contributed by atoms with E-state index in [2.05, 4.69) is 196 Å². The number of aryl methyl sites for hydroxylation is 4. The molecular weight excluding hydrogens is 1310 g/mol. The molecule has 0 saturated carbocycles. The summed E-state index contributed by atoms with van der Waals surface area (Å²) in [6, 6.07) is 52.2. The minimum atomic E-state index is -2.86. The molecule has 2 heterocycles. The molecule has 2 fully saturated rings. The van der Waals surface area contributed by atoms with Gasteiger partial charge in [0.25, 0.3) is 8.32 Å². The molecule has 2 saturated heterocycles. The van der Waals surface area contributed by atoms with Crippen LogP contribution in [0.5, 0.6) is 0 Å². The predicted octanol–water partition coefficient (Wildman–Crippen LogP) is 18.1. The first-order valence-corrected chi connectivity index (χ1v) is 45.8. The summed E-state index contributed by atoms with van der Waals surface area (Å²) >= 11 is 0. The van der Waals surface area contributed by atoms with Gasteiger partial charge < -0.3 is 43.1 Å². The molecule has 101 heavy (non-hydrogen) atoms. The number of ether oxygens (including phenoxy) is 6. The molecule has 11 nitrogen and oxygen atoms in total. The van der Waals surface area contributed by atoms with Crippen molar-refractivity contribution in [3.05, 3.63) is 226 Å². The molecule has 9 atom stereocenters. The van der Waals surface area contributed by atoms with Crippen LogP contribution in [0.1, 0.15) is 147 Å². The van der Waals surface area contributed by atoms with E-state index in [0.717, 1.165) is 58.3 Å². The highest BCUT2D eigenvalue weighted by Crippen LogP contribution is 2.40. The lowest BCUT2D eigenvalue weighted by Crippen LogP contribution is -2.68. The lowest BCUT2D eigenvalue weighted by molar-refractivity contribution is -0.152. The average Bonchev–Trinajstić information content (AvgIpc) is 1.50. The largest absolute Gasteiger partial charge is 0.462 e. The van der Waals surface area contributed by atoms with Crippen LogP contribution in [0.2, 0.25) is 56.4 Å². The van der Waals surface area contributed by atoms with E-state index >= 15 is 0 Å². The Morgan fingerprint density at radius 1 is 0.554 bits per heavy atom. The molecule has 8 rings (SSSR count). The molecule has 6 aromatic carbocycles. The Bertz CT molecular complexity index is 3740. The highest BCUT2D eigenvalue weighted by molar-refractivity contribution is 6.99. The number of aliphatic hydroxyl groups is 2. The SMILES string of the molecule is Cc1cc(C)c(C(=O)OCC[Si](C)(C)C)c(/C=C/C[C@@H]2OC(C)(C)O[C@@H]2C(O)/C=C\[C@@H](Cc2ccccc2)[C@H](C)O[Si](c2ccccc2)(c2ccccc2)C(C)(C)C)c1.Cc1cc(C)c(C(=O)OCC[Si](C)(C)C)c(/C=C/C[C@@H]2OC(C)(C)O[C@@H]2C(O)C#C[C@@H](Cc2ccccc2)C(C)C)c1. The number of carbonyl (C=O) groups excluding carboxylic acids is 2. The lowest BCUT2D eigenvalue weighted by Gasteiger charge is -2.45. The van der Waals surface area contributed by atoms with Crippen LogP contribution in [0.4, 0.5) is 0 Å². The Morgan fingerprint density at radius 3 is 1.38 bits per heavy atom. The Labute approximate surface area is 609 Å². The Hall–Kier alpha value is -6.59. The summed E-state index contributed by atoms with van der Waals surface area (Å²) in [6.07, 6.45) is 10.4. The molecule has 2 aliphatic heterocycles. The summed E-state index contributed by atoms with van der Waals surface area (Å²) in [5.74, 6) is 4.52. The van der Waals surface area contributed by atoms with Crippen LogP contribution >= 0.6 is 0 Å². The van der Waals surface area contributed by atoms with Crippen molar-refractivity contribution in [1.82, 2.24) is 0 Å². The second kappa shape index (κ2) is 36.2. The fourth-order valence-corrected chi connectivity index (χ4v) is 19.6. The third kappa shape index (κ3) is 24.2. The van der Waals surface area contributed by atoms with Crippen LogP contribution in [0.25, 0.3) is 12.2 Å². The van der Waals surface area contributed by atoms with E-state index in [4.69, 9.17) is 32.8 Å². The molecule has 544 valence electrons. The van der Waals surface area contributed by atoms with Gasteiger partial charge in [0.2, 0.25) is 0 Å². The molecule has 14 heteroatoms. The van der Waals surface area contributed by atoms with Gasteiger partial charge in [0.05, 0.1) is 36.5 Å². The monoisotopic (exact) mass is 1420 g/mol. The minimum absolute atomic E-state index is 0.0594. The number of esters is 2. The van der Waals surface area contributed by atoms with Gasteiger partial charge in [-0.3, -0.25) is 0 Å². The standard InChI is InChI=1S/C51H68O6Si2.C36H50O5Si/c1-37-34-38(2)47(49(53)54-32-33-58(9,10)11)42(35-37)24-21-29-46-48(56-51(7,8)55-46)45(52)31-30-41(36-40-22-15-12-16-23-40)39(3)57-59(50(4,5)6,43-25-17-13-18-26-43)44-27-19-14-20-28-44;1-25(2)29(24-28-14-11-10-12-15-28)18-19-31(37)34-32(40-36(5,6)41-34)17-13-16-30-23-26(3)22-27(4)33(30)35(38)39-20-21-42(7,8)9/h12-28,30-31,34-35,39,41,45-46,48,52H,29,32-33,36H2,1-11H3;10-16,22-23,25,29,31-32,34,37H,17,20-21,24H2,1-9H3/b24-21+,31-30-;16-13+/t39-,41-,45?,46-,48+;29-,31?,32-,34+/m00/s1. The van der Waals surface area contributed by atoms with Gasteiger partial charge >= 0.3 is 11.9 Å². The van der Waals surface area contributed by atoms with Crippen molar-refractivity contribution in [2.75, 3.05) is 13.2 Å². The zero-order valence-corrected chi connectivity index (χ0v) is 67.3. The summed E-state index contributed by atoms with van der Waals surface area (Å²) in [4.78, 5) is 26.4. The van der Waals surface area contributed by atoms with Crippen molar-refractivity contribution in [3.8, 4) is 11.8 Å². The van der Waals surface area contributed by atoms with Crippen LogP contribution < -0.4 is 10.4 Å². The molecule has 0 spiro atoms. The Morgan fingerprint density at radius 2 is 0.960 bits per heavy atom. The van der Waals surface area contributed by atoms with Crippen LogP contribution in [-0.2, 0) is 45.7 Å². The van der Waals surface area contributed by atoms with Gasteiger partial charge in [0, 0.05) is 34.1 Å². The molecule has 2 aliphatic rings. The molecule has 0 amide bonds. The maximum Gasteiger partial charge on any atom is 0.338 e. The predicted molar refractivity (Wildman–Crippen MR) is 423 cm³/mol. The van der Waals surface area contributed by atoms with E-state index in [-0.39, 0.29) is 41.0 Å². The van der Waals surface area contributed by atoms with Crippen LogP contribution in [0.3, 0.4) is 0 Å². The maximum atomic E-state index is 13.4. The van der Waals surface area contributed by atoms with Crippen molar-refractivity contribution in [1.29, 1.82) is 0 Å². The number of hydrogen-bond acceptors (Lipinski definition) is 11. The highest BCUT2D eigenvalue weighted by Gasteiger charge is 2.52. The van der Waals surface area contributed by atoms with Gasteiger partial charge in [0.15, 0.2) is 11.6 Å². The molecule has 0 aromatic heterocycles. The van der Waals surface area contributed by atoms with Crippen molar-refractivity contribution in [2.24, 2.45) is 17.8 Å². The third-order valence-corrected chi connectivity index (χ3v) is 27.3. The van der Waals surface area contributed by atoms with Gasteiger partial charge in [-0.1, -0.05) is 279 Å². The van der Waals surface area contributed by atoms with Crippen molar-refractivity contribution in [3.63, 3.8) is 0 Å². The second-order valence-electron chi connectivity index (χ2n) is 32.5. The quantitative estimate of drug-likeness (QED) is 0.0210. The zero-order valence-electron chi connectivity index (χ0n) is 64.3. The van der Waals surface area contributed by atoms with E-state index < -0.39 is 66.6 Å². The lowest BCUT2D eigenvalue weighted by atomic mass is 9.89. The second-order valence-corrected chi connectivity index (χ2v) is 48.0. The summed E-state index contributed by atoms with van der Waals surface area (Å²) in [5, 5.41) is 25.3. The third-order valence-electron chi connectivity index (χ3n) is 18.8. The van der Waals surface area contributed by atoms with E-state index in [9.17, 15) is 19.8 Å². The molecular formula is C87H118O11Si3.